The standard InChI is InChI=1S/C12H20FN3O2/c1-12(2,3)18-16(13)7-6-15-11-4-5-14-8-10(11)9-17/h4-5,8,17H,6-7,9H2,1-3H3,(H,14,15). The van der Waals surface area contributed by atoms with Crippen LogP contribution in [0.4, 0.5) is 10.2 Å². The summed E-state index contributed by atoms with van der Waals surface area (Å²) in [5, 5.41) is 12.4. The predicted octanol–water partition coefficient (Wildman–Crippen LogP) is 1.90. The summed E-state index contributed by atoms with van der Waals surface area (Å²) in [7, 11) is 0. The average molecular weight is 257 g/mol. The van der Waals surface area contributed by atoms with Crippen molar-refractivity contribution in [1.29, 1.82) is 0 Å². The van der Waals surface area contributed by atoms with Crippen LogP contribution in [0.2, 0.25) is 0 Å². The number of rotatable bonds is 6. The number of anilines is 1. The molecule has 0 atom stereocenters. The van der Waals surface area contributed by atoms with Crippen LogP contribution in [0.25, 0.3) is 0 Å². The summed E-state index contributed by atoms with van der Waals surface area (Å²) in [5.41, 5.74) is 0.873. The highest BCUT2D eigenvalue weighted by molar-refractivity contribution is 5.48. The fourth-order valence-electron chi connectivity index (χ4n) is 1.35. The van der Waals surface area contributed by atoms with E-state index in [2.05, 4.69) is 10.3 Å². The normalized spacial score (nSPS) is 11.9. The molecule has 1 aromatic heterocycles. The number of nitrogens with one attached hydrogen (secondary N) is 1. The summed E-state index contributed by atoms with van der Waals surface area (Å²) in [6.45, 7) is 5.68. The van der Waals surface area contributed by atoms with Gasteiger partial charge in [-0.15, -0.1) is 4.48 Å². The van der Waals surface area contributed by atoms with Gasteiger partial charge in [-0.3, -0.25) is 9.82 Å². The zero-order valence-corrected chi connectivity index (χ0v) is 11.0. The lowest BCUT2D eigenvalue weighted by atomic mass is 10.2. The van der Waals surface area contributed by atoms with Gasteiger partial charge in [0.1, 0.15) is 0 Å². The Morgan fingerprint density at radius 3 is 2.83 bits per heavy atom. The summed E-state index contributed by atoms with van der Waals surface area (Å²) in [4.78, 5) is 8.90. The fourth-order valence-corrected chi connectivity index (χ4v) is 1.35. The Kier molecular flexibility index (Phi) is 5.46. The first-order valence-electron chi connectivity index (χ1n) is 5.82. The van der Waals surface area contributed by atoms with Crippen LogP contribution in [0.15, 0.2) is 18.5 Å². The molecule has 1 heterocycles. The van der Waals surface area contributed by atoms with Gasteiger partial charge in [-0.05, 0) is 32.1 Å². The van der Waals surface area contributed by atoms with Crippen LogP contribution in [0.3, 0.4) is 0 Å². The van der Waals surface area contributed by atoms with Crippen molar-refractivity contribution in [3.8, 4) is 0 Å². The maximum Gasteiger partial charge on any atom is 0.0845 e. The minimum Gasteiger partial charge on any atom is -0.392 e. The van der Waals surface area contributed by atoms with E-state index in [1.54, 1.807) is 39.2 Å². The van der Waals surface area contributed by atoms with E-state index in [0.29, 0.717) is 17.4 Å². The van der Waals surface area contributed by atoms with Gasteiger partial charge >= 0.3 is 0 Å². The zero-order chi connectivity index (χ0) is 13.6. The molecular formula is C12H20FN3O2. The molecular weight excluding hydrogens is 237 g/mol. The van der Waals surface area contributed by atoms with Crippen molar-refractivity contribution in [2.45, 2.75) is 33.0 Å². The van der Waals surface area contributed by atoms with Crippen molar-refractivity contribution >= 4 is 5.69 Å². The van der Waals surface area contributed by atoms with Crippen LogP contribution in [0, 0.1) is 0 Å². The summed E-state index contributed by atoms with van der Waals surface area (Å²) in [6, 6.07) is 1.73. The lowest BCUT2D eigenvalue weighted by Crippen LogP contribution is -2.31. The number of pyridine rings is 1. The number of hydroxylamine groups is 1. The molecule has 0 radical (unpaired) electrons. The smallest absolute Gasteiger partial charge is 0.0845 e. The first kappa shape index (κ1) is 14.8. The number of halogens is 1. The second-order valence-electron chi connectivity index (χ2n) is 4.86. The van der Waals surface area contributed by atoms with Crippen LogP contribution in [-0.2, 0) is 11.4 Å². The summed E-state index contributed by atoms with van der Waals surface area (Å²) >= 11 is 0. The number of aliphatic hydroxyl groups is 1. The molecule has 5 nitrogen and oxygen atoms in total. The molecule has 0 spiro atoms. The highest BCUT2D eigenvalue weighted by atomic mass is 19.2. The molecule has 2 N–H and O–H groups in total. The maximum absolute atomic E-state index is 13.3. The van der Waals surface area contributed by atoms with Crippen molar-refractivity contribution in [1.82, 2.24) is 10.3 Å². The number of aromatic nitrogens is 1. The van der Waals surface area contributed by atoms with E-state index < -0.39 is 5.60 Å². The van der Waals surface area contributed by atoms with Gasteiger partial charge in [-0.25, -0.2) is 0 Å². The highest BCUT2D eigenvalue weighted by Crippen LogP contribution is 2.13. The van der Waals surface area contributed by atoms with Gasteiger partial charge in [-0.1, -0.05) is 0 Å². The number of hydrogen-bond acceptors (Lipinski definition) is 5. The van der Waals surface area contributed by atoms with E-state index in [0.717, 1.165) is 5.69 Å². The molecule has 0 aromatic carbocycles. The van der Waals surface area contributed by atoms with Crippen LogP contribution in [0.1, 0.15) is 26.3 Å². The summed E-state index contributed by atoms with van der Waals surface area (Å²) in [6.07, 6.45) is 3.18. The SMILES string of the molecule is CC(C)(C)ON(F)CCNc1ccncc1CO. The minimum absolute atomic E-state index is 0.0878. The third-order valence-corrected chi connectivity index (χ3v) is 2.05. The van der Waals surface area contributed by atoms with Crippen LogP contribution >= 0.6 is 0 Å². The van der Waals surface area contributed by atoms with Gasteiger partial charge < -0.3 is 10.4 Å². The fraction of sp³-hybridized carbons (Fsp3) is 0.583. The van der Waals surface area contributed by atoms with Crippen LogP contribution < -0.4 is 5.32 Å². The quantitative estimate of drug-likeness (QED) is 0.602. The molecule has 6 heteroatoms. The van der Waals surface area contributed by atoms with Gasteiger partial charge in [0.2, 0.25) is 0 Å². The van der Waals surface area contributed by atoms with E-state index in [1.807, 2.05) is 0 Å². The Balaban J connectivity index is 2.37. The Morgan fingerprint density at radius 1 is 1.50 bits per heavy atom. The summed E-state index contributed by atoms with van der Waals surface area (Å²) in [5.74, 6) is 0. The summed E-state index contributed by atoms with van der Waals surface area (Å²) < 4.78 is 13.3. The van der Waals surface area contributed by atoms with Gasteiger partial charge in [0, 0.05) is 30.2 Å². The largest absolute Gasteiger partial charge is 0.392 e. The Bertz CT molecular complexity index is 369. The lowest BCUT2D eigenvalue weighted by molar-refractivity contribution is -0.324. The second-order valence-corrected chi connectivity index (χ2v) is 4.86. The van der Waals surface area contributed by atoms with E-state index >= 15 is 0 Å². The molecule has 18 heavy (non-hydrogen) atoms. The average Bonchev–Trinajstić information content (AvgIpc) is 2.27. The molecule has 0 amide bonds. The highest BCUT2D eigenvalue weighted by Gasteiger charge is 2.16. The van der Waals surface area contributed by atoms with Gasteiger partial charge in [0.15, 0.2) is 0 Å². The third kappa shape index (κ3) is 5.39. The molecule has 0 unspecified atom stereocenters. The van der Waals surface area contributed by atoms with E-state index in [-0.39, 0.29) is 13.2 Å². The molecule has 0 bridgehead atoms. The monoisotopic (exact) mass is 257 g/mol. The maximum atomic E-state index is 13.3. The third-order valence-electron chi connectivity index (χ3n) is 2.05. The van der Waals surface area contributed by atoms with E-state index in [4.69, 9.17) is 9.94 Å². The second kappa shape index (κ2) is 6.63. The molecule has 1 aromatic rings. The van der Waals surface area contributed by atoms with Crippen molar-refractivity contribution in [2.24, 2.45) is 0 Å². The molecule has 0 aliphatic carbocycles. The van der Waals surface area contributed by atoms with Crippen molar-refractivity contribution in [3.05, 3.63) is 24.0 Å². The Hall–Kier alpha value is -1.24. The molecule has 102 valence electrons. The van der Waals surface area contributed by atoms with Crippen molar-refractivity contribution in [2.75, 3.05) is 18.4 Å². The van der Waals surface area contributed by atoms with E-state index in [1.165, 1.54) is 0 Å². The zero-order valence-electron chi connectivity index (χ0n) is 11.0. The van der Waals surface area contributed by atoms with Crippen LogP contribution in [-0.4, -0.2) is 34.1 Å². The van der Waals surface area contributed by atoms with Gasteiger partial charge in [0.05, 0.1) is 18.8 Å². The Morgan fingerprint density at radius 2 is 2.22 bits per heavy atom. The topological polar surface area (TPSA) is 57.6 Å². The Labute approximate surface area is 106 Å². The molecule has 0 saturated heterocycles. The van der Waals surface area contributed by atoms with Crippen molar-refractivity contribution in [3.63, 3.8) is 0 Å². The molecule has 0 fully saturated rings. The van der Waals surface area contributed by atoms with E-state index in [9.17, 15) is 4.48 Å². The first-order valence-corrected chi connectivity index (χ1v) is 5.82. The first-order chi connectivity index (χ1) is 8.42. The molecule has 0 aliphatic heterocycles. The number of hydrogen-bond donors (Lipinski definition) is 2. The van der Waals surface area contributed by atoms with Crippen LogP contribution in [0.5, 0.6) is 0 Å². The van der Waals surface area contributed by atoms with Gasteiger partial charge in [-0.2, -0.15) is 0 Å². The molecule has 1 rings (SSSR count). The van der Waals surface area contributed by atoms with Crippen molar-refractivity contribution < 1.29 is 14.4 Å². The van der Waals surface area contributed by atoms with Gasteiger partial charge in [0.25, 0.3) is 0 Å². The molecule has 0 saturated carbocycles. The lowest BCUT2D eigenvalue weighted by Gasteiger charge is -2.23. The number of nitrogens with zero attached hydrogens (tertiary/aromatic N) is 2. The molecule has 0 aliphatic rings. The minimum atomic E-state index is -0.554. The predicted molar refractivity (Wildman–Crippen MR) is 67.3 cm³/mol. The number of aliphatic hydroxyl groups excluding tert-OH is 1.